The fraction of sp³-hybridized carbons (Fsp3) is 0.263. The Morgan fingerprint density at radius 3 is 2.40 bits per heavy atom. The molecule has 1 N–H and O–H groups in total. The number of hydrogen-bond acceptors (Lipinski definition) is 0. The molecule has 1 atom stereocenters. The van der Waals surface area contributed by atoms with E-state index < -0.39 is 0 Å². The average molecular weight is 263 g/mol. The summed E-state index contributed by atoms with van der Waals surface area (Å²) in [7, 11) is 0. The van der Waals surface area contributed by atoms with E-state index in [1.807, 2.05) is 0 Å². The number of aryl methyl sites for hydroxylation is 1. The zero-order valence-corrected chi connectivity index (χ0v) is 12.2. The lowest BCUT2D eigenvalue weighted by molar-refractivity contribution is 0.837. The molecule has 1 unspecified atom stereocenters. The van der Waals surface area contributed by atoms with Crippen molar-refractivity contribution in [1.82, 2.24) is 4.98 Å². The van der Waals surface area contributed by atoms with Crippen molar-refractivity contribution in [3.8, 4) is 0 Å². The quantitative estimate of drug-likeness (QED) is 0.659. The molecule has 0 bridgehead atoms. The predicted molar refractivity (Wildman–Crippen MR) is 86.3 cm³/mol. The first-order valence-corrected chi connectivity index (χ1v) is 7.45. The maximum absolute atomic E-state index is 3.65. The van der Waals surface area contributed by atoms with Crippen LogP contribution in [-0.4, -0.2) is 4.98 Å². The molecule has 0 aliphatic heterocycles. The molecule has 1 aromatic heterocycles. The molecule has 3 rings (SSSR count). The largest absolute Gasteiger partial charge is 0.358 e. The van der Waals surface area contributed by atoms with Crippen molar-refractivity contribution in [1.29, 1.82) is 0 Å². The van der Waals surface area contributed by atoms with Crippen LogP contribution in [0.5, 0.6) is 0 Å². The van der Waals surface area contributed by atoms with Crippen molar-refractivity contribution in [3.63, 3.8) is 0 Å². The lowest BCUT2D eigenvalue weighted by Gasteiger charge is -2.13. The summed E-state index contributed by atoms with van der Waals surface area (Å²) in [5.41, 5.74) is 5.49. The summed E-state index contributed by atoms with van der Waals surface area (Å²) >= 11 is 0. The van der Waals surface area contributed by atoms with Crippen molar-refractivity contribution in [2.45, 2.75) is 32.6 Å². The van der Waals surface area contributed by atoms with Gasteiger partial charge >= 0.3 is 0 Å². The van der Waals surface area contributed by atoms with Crippen LogP contribution in [0.15, 0.2) is 54.6 Å². The van der Waals surface area contributed by atoms with Crippen molar-refractivity contribution < 1.29 is 0 Å². The van der Waals surface area contributed by atoms with Gasteiger partial charge in [-0.15, -0.1) is 0 Å². The molecule has 1 nitrogen and oxygen atoms in total. The van der Waals surface area contributed by atoms with Gasteiger partial charge in [0.15, 0.2) is 0 Å². The van der Waals surface area contributed by atoms with Crippen LogP contribution in [0.3, 0.4) is 0 Å². The van der Waals surface area contributed by atoms with Crippen LogP contribution in [0.1, 0.15) is 43.0 Å². The highest BCUT2D eigenvalue weighted by Crippen LogP contribution is 2.32. The van der Waals surface area contributed by atoms with Crippen LogP contribution < -0.4 is 0 Å². The van der Waals surface area contributed by atoms with Gasteiger partial charge in [-0.2, -0.15) is 0 Å². The zero-order chi connectivity index (χ0) is 13.9. The SMILES string of the molecule is CCCc1c(C(C)c2ccccc2)[nH]c2ccccc12. The number of rotatable bonds is 4. The molecule has 1 heterocycles. The molecule has 0 spiro atoms. The molecule has 0 radical (unpaired) electrons. The minimum Gasteiger partial charge on any atom is -0.358 e. The summed E-state index contributed by atoms with van der Waals surface area (Å²) in [4.78, 5) is 3.65. The molecule has 0 amide bonds. The Balaban J connectivity index is 2.12. The maximum Gasteiger partial charge on any atom is 0.0459 e. The van der Waals surface area contributed by atoms with Gasteiger partial charge in [0.1, 0.15) is 0 Å². The number of nitrogens with one attached hydrogen (secondary N) is 1. The summed E-state index contributed by atoms with van der Waals surface area (Å²) in [6.07, 6.45) is 2.31. The van der Waals surface area contributed by atoms with E-state index in [0.29, 0.717) is 5.92 Å². The van der Waals surface area contributed by atoms with E-state index in [2.05, 4.69) is 73.4 Å². The van der Waals surface area contributed by atoms with E-state index in [1.165, 1.54) is 34.1 Å². The minimum absolute atomic E-state index is 0.408. The van der Waals surface area contributed by atoms with E-state index in [4.69, 9.17) is 0 Å². The first-order valence-electron chi connectivity index (χ1n) is 7.45. The van der Waals surface area contributed by atoms with E-state index in [1.54, 1.807) is 0 Å². The van der Waals surface area contributed by atoms with Gasteiger partial charge in [0.05, 0.1) is 0 Å². The summed E-state index contributed by atoms with van der Waals surface area (Å²) in [5.74, 6) is 0.408. The molecule has 0 aliphatic carbocycles. The van der Waals surface area contributed by atoms with E-state index in [0.717, 1.165) is 6.42 Å². The van der Waals surface area contributed by atoms with Gasteiger partial charge in [0.25, 0.3) is 0 Å². The van der Waals surface area contributed by atoms with Crippen LogP contribution in [-0.2, 0) is 6.42 Å². The van der Waals surface area contributed by atoms with Gasteiger partial charge in [0.2, 0.25) is 0 Å². The Hall–Kier alpha value is -2.02. The topological polar surface area (TPSA) is 15.8 Å². The lowest BCUT2D eigenvalue weighted by Crippen LogP contribution is -2.00. The monoisotopic (exact) mass is 263 g/mol. The average Bonchev–Trinajstić information content (AvgIpc) is 2.87. The number of hydrogen-bond donors (Lipinski definition) is 1. The Morgan fingerprint density at radius 2 is 1.65 bits per heavy atom. The highest BCUT2D eigenvalue weighted by molar-refractivity contribution is 5.85. The second-order valence-corrected chi connectivity index (χ2v) is 5.45. The second-order valence-electron chi connectivity index (χ2n) is 5.45. The minimum atomic E-state index is 0.408. The summed E-state index contributed by atoms with van der Waals surface area (Å²) in [6.45, 7) is 4.54. The van der Waals surface area contributed by atoms with Crippen LogP contribution in [0.2, 0.25) is 0 Å². The third-order valence-corrected chi connectivity index (χ3v) is 4.08. The molecular formula is C19H21N. The van der Waals surface area contributed by atoms with Gasteiger partial charge in [-0.1, -0.05) is 68.8 Å². The molecule has 0 fully saturated rings. The molecule has 0 saturated heterocycles. The third kappa shape index (κ3) is 2.24. The van der Waals surface area contributed by atoms with Crippen molar-refractivity contribution in [3.05, 3.63) is 71.4 Å². The van der Waals surface area contributed by atoms with Gasteiger partial charge in [0, 0.05) is 22.5 Å². The molecule has 0 aliphatic rings. The molecule has 3 aromatic rings. The van der Waals surface area contributed by atoms with E-state index in [9.17, 15) is 0 Å². The molecule has 2 aromatic carbocycles. The second kappa shape index (κ2) is 5.54. The third-order valence-electron chi connectivity index (χ3n) is 4.08. The summed E-state index contributed by atoms with van der Waals surface area (Å²) in [6, 6.07) is 19.4. The van der Waals surface area contributed by atoms with Crippen molar-refractivity contribution >= 4 is 10.9 Å². The molecular weight excluding hydrogens is 242 g/mol. The predicted octanol–water partition coefficient (Wildman–Crippen LogP) is 5.27. The fourth-order valence-corrected chi connectivity index (χ4v) is 3.02. The number of para-hydroxylation sites is 1. The lowest BCUT2D eigenvalue weighted by atomic mass is 9.93. The van der Waals surface area contributed by atoms with Gasteiger partial charge in [-0.25, -0.2) is 0 Å². The zero-order valence-electron chi connectivity index (χ0n) is 12.2. The standard InChI is InChI=1S/C19H21N/c1-3-9-17-16-12-7-8-13-18(16)20-19(17)14(2)15-10-5-4-6-11-15/h4-8,10-14,20H,3,9H2,1-2H3. The van der Waals surface area contributed by atoms with Gasteiger partial charge in [-0.05, 0) is 23.6 Å². The Morgan fingerprint density at radius 1 is 0.950 bits per heavy atom. The van der Waals surface area contributed by atoms with Crippen LogP contribution in [0.25, 0.3) is 10.9 Å². The smallest absolute Gasteiger partial charge is 0.0459 e. The highest BCUT2D eigenvalue weighted by Gasteiger charge is 2.17. The molecule has 1 heteroatoms. The number of aromatic amines is 1. The Kier molecular flexibility index (Phi) is 3.60. The normalized spacial score (nSPS) is 12.7. The Bertz CT molecular complexity index is 694. The summed E-state index contributed by atoms with van der Waals surface area (Å²) < 4.78 is 0. The van der Waals surface area contributed by atoms with Gasteiger partial charge < -0.3 is 4.98 Å². The van der Waals surface area contributed by atoms with Crippen molar-refractivity contribution in [2.75, 3.05) is 0 Å². The molecule has 0 saturated carbocycles. The van der Waals surface area contributed by atoms with Crippen LogP contribution in [0.4, 0.5) is 0 Å². The number of benzene rings is 2. The number of fused-ring (bicyclic) bond motifs is 1. The summed E-state index contributed by atoms with van der Waals surface area (Å²) in [5, 5.41) is 1.38. The molecule has 102 valence electrons. The molecule has 20 heavy (non-hydrogen) atoms. The highest BCUT2D eigenvalue weighted by atomic mass is 14.7. The number of H-pyrrole nitrogens is 1. The first kappa shape index (κ1) is 13.0. The first-order chi connectivity index (χ1) is 9.81. The number of aromatic nitrogens is 1. The van der Waals surface area contributed by atoms with E-state index >= 15 is 0 Å². The Labute approximate surface area is 120 Å². The van der Waals surface area contributed by atoms with Crippen LogP contribution >= 0.6 is 0 Å². The van der Waals surface area contributed by atoms with E-state index in [-0.39, 0.29) is 0 Å². The van der Waals surface area contributed by atoms with Gasteiger partial charge in [-0.3, -0.25) is 0 Å². The van der Waals surface area contributed by atoms with Crippen molar-refractivity contribution in [2.24, 2.45) is 0 Å². The fourth-order valence-electron chi connectivity index (χ4n) is 3.02. The van der Waals surface area contributed by atoms with Crippen LogP contribution in [0, 0.1) is 0 Å². The maximum atomic E-state index is 3.65.